The molecule has 0 bridgehead atoms. The van der Waals surface area contributed by atoms with Crippen LogP contribution in [0.15, 0.2) is 47.1 Å². The summed E-state index contributed by atoms with van der Waals surface area (Å²) in [5.41, 5.74) is 3.63. The van der Waals surface area contributed by atoms with Crippen molar-refractivity contribution in [3.8, 4) is 0 Å². The van der Waals surface area contributed by atoms with Gasteiger partial charge in [-0.3, -0.25) is 15.0 Å². The van der Waals surface area contributed by atoms with Crippen LogP contribution in [0.5, 0.6) is 0 Å². The molecule has 0 spiro atoms. The van der Waals surface area contributed by atoms with Gasteiger partial charge >= 0.3 is 5.91 Å². The molecule has 2 amide bonds. The van der Waals surface area contributed by atoms with Crippen LogP contribution < -0.4 is 5.43 Å². The van der Waals surface area contributed by atoms with Gasteiger partial charge < -0.3 is 4.42 Å². The number of rotatable bonds is 2. The van der Waals surface area contributed by atoms with Crippen molar-refractivity contribution in [1.82, 2.24) is 10.4 Å². The third-order valence-electron chi connectivity index (χ3n) is 3.13. The van der Waals surface area contributed by atoms with E-state index < -0.39 is 11.4 Å². The molecule has 0 unspecified atom stereocenters. The summed E-state index contributed by atoms with van der Waals surface area (Å²) in [5, 5.41) is 1.32. The fraction of sp³-hybridized carbons (Fsp3) is 0.294. The minimum absolute atomic E-state index is 0.158. The van der Waals surface area contributed by atoms with Crippen molar-refractivity contribution in [1.29, 1.82) is 0 Å². The van der Waals surface area contributed by atoms with Crippen molar-refractivity contribution in [2.45, 2.75) is 33.2 Å². The van der Waals surface area contributed by atoms with Gasteiger partial charge in [-0.15, -0.1) is 0 Å². The zero-order valence-corrected chi connectivity index (χ0v) is 13.2. The predicted octanol–water partition coefficient (Wildman–Crippen LogP) is 3.17. The Morgan fingerprint density at radius 1 is 1.09 bits per heavy atom. The standard InChI is InChI=1S/C17H20N2O3/c1-12-7-9-13(10-8-12)16(21)19(17(2,3)4)18-15(20)14-6-5-11-22-14/h5-11H,1-4H3,(H,18,20). The molecule has 0 saturated carbocycles. The van der Waals surface area contributed by atoms with Crippen molar-refractivity contribution >= 4 is 11.8 Å². The lowest BCUT2D eigenvalue weighted by molar-refractivity contribution is 0.0349. The van der Waals surface area contributed by atoms with Crippen LogP contribution in [0, 0.1) is 6.92 Å². The maximum Gasteiger partial charge on any atom is 0.305 e. The number of amides is 2. The highest BCUT2D eigenvalue weighted by Gasteiger charge is 2.30. The number of furan rings is 1. The van der Waals surface area contributed by atoms with E-state index in [0.29, 0.717) is 5.56 Å². The van der Waals surface area contributed by atoms with E-state index in [-0.39, 0.29) is 11.7 Å². The van der Waals surface area contributed by atoms with Crippen LogP contribution in [0.1, 0.15) is 47.2 Å². The summed E-state index contributed by atoms with van der Waals surface area (Å²) in [6.45, 7) is 7.50. The number of hydrogen-bond donors (Lipinski definition) is 1. The van der Waals surface area contributed by atoms with Crippen LogP contribution in [0.4, 0.5) is 0 Å². The molecule has 2 rings (SSSR count). The van der Waals surface area contributed by atoms with E-state index >= 15 is 0 Å². The van der Waals surface area contributed by atoms with Gasteiger partial charge in [0, 0.05) is 5.56 Å². The molecule has 0 saturated heterocycles. The molecule has 1 aromatic carbocycles. The second-order valence-electron chi connectivity index (χ2n) is 6.10. The van der Waals surface area contributed by atoms with E-state index in [9.17, 15) is 9.59 Å². The number of nitrogens with one attached hydrogen (secondary N) is 1. The predicted molar refractivity (Wildman–Crippen MR) is 83.3 cm³/mol. The van der Waals surface area contributed by atoms with E-state index in [1.54, 1.807) is 24.3 Å². The fourth-order valence-electron chi connectivity index (χ4n) is 1.91. The van der Waals surface area contributed by atoms with Gasteiger partial charge in [-0.2, -0.15) is 0 Å². The van der Waals surface area contributed by atoms with Gasteiger partial charge in [0.25, 0.3) is 5.91 Å². The van der Waals surface area contributed by atoms with Gasteiger partial charge in [-0.25, -0.2) is 5.01 Å². The Hall–Kier alpha value is -2.56. The van der Waals surface area contributed by atoms with Crippen molar-refractivity contribution in [2.75, 3.05) is 0 Å². The first-order chi connectivity index (χ1) is 10.3. The van der Waals surface area contributed by atoms with Crippen molar-refractivity contribution < 1.29 is 14.0 Å². The minimum Gasteiger partial charge on any atom is -0.459 e. The summed E-state index contributed by atoms with van der Waals surface area (Å²) < 4.78 is 5.06. The molecule has 0 radical (unpaired) electrons. The largest absolute Gasteiger partial charge is 0.459 e. The van der Waals surface area contributed by atoms with Crippen LogP contribution in [0.3, 0.4) is 0 Å². The molecule has 0 aliphatic heterocycles. The molecular formula is C17H20N2O3. The van der Waals surface area contributed by atoms with Crippen LogP contribution in [-0.2, 0) is 0 Å². The van der Waals surface area contributed by atoms with Crippen LogP contribution in [-0.4, -0.2) is 22.4 Å². The Labute approximate surface area is 129 Å². The van der Waals surface area contributed by atoms with E-state index in [2.05, 4.69) is 5.43 Å². The fourth-order valence-corrected chi connectivity index (χ4v) is 1.91. The van der Waals surface area contributed by atoms with Crippen LogP contribution >= 0.6 is 0 Å². The molecule has 0 aliphatic rings. The van der Waals surface area contributed by atoms with Gasteiger partial charge in [0.05, 0.1) is 11.8 Å². The summed E-state index contributed by atoms with van der Waals surface area (Å²) >= 11 is 0. The molecule has 1 heterocycles. The maximum absolute atomic E-state index is 12.7. The Balaban J connectivity index is 2.25. The molecule has 0 fully saturated rings. The number of hydrogen-bond acceptors (Lipinski definition) is 3. The SMILES string of the molecule is Cc1ccc(C(=O)N(NC(=O)c2ccco2)C(C)(C)C)cc1. The van der Waals surface area contributed by atoms with Gasteiger partial charge in [0.1, 0.15) is 0 Å². The van der Waals surface area contributed by atoms with Gasteiger partial charge in [-0.05, 0) is 52.0 Å². The Kier molecular flexibility index (Phi) is 4.35. The lowest BCUT2D eigenvalue weighted by Gasteiger charge is -2.35. The minimum atomic E-state index is -0.579. The summed E-state index contributed by atoms with van der Waals surface area (Å²) in [5.74, 6) is -0.571. The van der Waals surface area contributed by atoms with Crippen LogP contribution in [0.25, 0.3) is 0 Å². The smallest absolute Gasteiger partial charge is 0.305 e. The lowest BCUT2D eigenvalue weighted by atomic mass is 10.1. The van der Waals surface area contributed by atoms with Crippen LogP contribution in [0.2, 0.25) is 0 Å². The molecule has 5 heteroatoms. The van der Waals surface area contributed by atoms with Crippen molar-refractivity contribution in [3.05, 3.63) is 59.5 Å². The topological polar surface area (TPSA) is 62.6 Å². The molecule has 2 aromatic rings. The van der Waals surface area contributed by atoms with Crippen molar-refractivity contribution in [3.63, 3.8) is 0 Å². The maximum atomic E-state index is 12.7. The lowest BCUT2D eigenvalue weighted by Crippen LogP contribution is -2.55. The average molecular weight is 300 g/mol. The quantitative estimate of drug-likeness (QED) is 0.866. The average Bonchev–Trinajstić information content (AvgIpc) is 2.97. The molecule has 116 valence electrons. The first-order valence-corrected chi connectivity index (χ1v) is 7.05. The molecule has 0 atom stereocenters. The van der Waals surface area contributed by atoms with Gasteiger partial charge in [-0.1, -0.05) is 17.7 Å². The third-order valence-corrected chi connectivity index (χ3v) is 3.13. The number of carbonyl (C=O) groups excluding carboxylic acids is 2. The van der Waals surface area contributed by atoms with E-state index in [4.69, 9.17) is 4.42 Å². The molecule has 22 heavy (non-hydrogen) atoms. The summed E-state index contributed by atoms with van der Waals surface area (Å²) in [4.78, 5) is 24.8. The number of carbonyl (C=O) groups is 2. The highest BCUT2D eigenvalue weighted by atomic mass is 16.3. The Morgan fingerprint density at radius 3 is 2.23 bits per heavy atom. The highest BCUT2D eigenvalue weighted by Crippen LogP contribution is 2.16. The zero-order chi connectivity index (χ0) is 16.3. The first-order valence-electron chi connectivity index (χ1n) is 7.05. The molecule has 1 N–H and O–H groups in total. The third kappa shape index (κ3) is 3.55. The molecule has 0 aliphatic carbocycles. The first kappa shape index (κ1) is 15.8. The number of benzene rings is 1. The monoisotopic (exact) mass is 300 g/mol. The Bertz CT molecular complexity index is 652. The molecule has 1 aromatic heterocycles. The second kappa shape index (κ2) is 6.05. The summed E-state index contributed by atoms with van der Waals surface area (Å²) in [6.07, 6.45) is 1.41. The van der Waals surface area contributed by atoms with E-state index in [1.165, 1.54) is 11.3 Å². The second-order valence-corrected chi connectivity index (χ2v) is 6.10. The van der Waals surface area contributed by atoms with Crippen molar-refractivity contribution in [2.24, 2.45) is 0 Å². The Morgan fingerprint density at radius 2 is 1.73 bits per heavy atom. The molecule has 5 nitrogen and oxygen atoms in total. The normalized spacial score (nSPS) is 11.1. The summed E-state index contributed by atoms with van der Waals surface area (Å²) in [7, 11) is 0. The van der Waals surface area contributed by atoms with E-state index in [1.807, 2.05) is 39.8 Å². The van der Waals surface area contributed by atoms with Gasteiger partial charge in [0.15, 0.2) is 5.76 Å². The number of hydrazine groups is 1. The van der Waals surface area contributed by atoms with Gasteiger partial charge in [0.2, 0.25) is 0 Å². The zero-order valence-electron chi connectivity index (χ0n) is 13.2. The number of nitrogens with zero attached hydrogens (tertiary/aromatic N) is 1. The molecular weight excluding hydrogens is 280 g/mol. The highest BCUT2D eigenvalue weighted by molar-refractivity contribution is 5.98. The van der Waals surface area contributed by atoms with E-state index in [0.717, 1.165) is 5.56 Å². The number of aryl methyl sites for hydroxylation is 1. The summed E-state index contributed by atoms with van der Waals surface area (Å²) in [6, 6.07) is 10.4.